The van der Waals surface area contributed by atoms with Gasteiger partial charge in [-0.05, 0) is 32.1 Å². The summed E-state index contributed by atoms with van der Waals surface area (Å²) >= 11 is 0. The molecule has 4 nitrogen and oxygen atoms in total. The molecule has 0 saturated carbocycles. The molecular formula is C13H24N2O2. The van der Waals surface area contributed by atoms with Crippen molar-refractivity contribution in [3.05, 3.63) is 17.0 Å². The van der Waals surface area contributed by atoms with Crippen LogP contribution in [0.4, 0.5) is 0 Å². The van der Waals surface area contributed by atoms with Crippen molar-refractivity contribution < 1.29 is 9.63 Å². The van der Waals surface area contributed by atoms with Gasteiger partial charge in [-0.15, -0.1) is 0 Å². The molecule has 1 heterocycles. The fourth-order valence-electron chi connectivity index (χ4n) is 1.93. The van der Waals surface area contributed by atoms with Gasteiger partial charge in [0.15, 0.2) is 0 Å². The van der Waals surface area contributed by atoms with E-state index in [4.69, 9.17) is 9.63 Å². The Labute approximate surface area is 103 Å². The second-order valence-electron chi connectivity index (χ2n) is 5.40. The van der Waals surface area contributed by atoms with E-state index < -0.39 is 0 Å². The van der Waals surface area contributed by atoms with Crippen LogP contribution in [0.25, 0.3) is 0 Å². The van der Waals surface area contributed by atoms with Gasteiger partial charge in [-0.25, -0.2) is 0 Å². The summed E-state index contributed by atoms with van der Waals surface area (Å²) in [5.41, 5.74) is 2.33. The first-order valence-electron chi connectivity index (χ1n) is 6.19. The molecule has 0 aliphatic heterocycles. The molecule has 0 amide bonds. The van der Waals surface area contributed by atoms with Gasteiger partial charge in [0.2, 0.25) is 0 Å². The predicted octanol–water partition coefficient (Wildman–Crippen LogP) is 2.18. The van der Waals surface area contributed by atoms with Crippen LogP contribution in [0.2, 0.25) is 0 Å². The van der Waals surface area contributed by atoms with Crippen LogP contribution in [-0.2, 0) is 6.54 Å². The zero-order valence-electron chi connectivity index (χ0n) is 11.3. The van der Waals surface area contributed by atoms with Crippen molar-refractivity contribution in [3.63, 3.8) is 0 Å². The average molecular weight is 240 g/mol. The molecule has 98 valence electrons. The molecule has 1 rings (SSSR count). The van der Waals surface area contributed by atoms with E-state index in [2.05, 4.69) is 24.3 Å². The van der Waals surface area contributed by atoms with Crippen LogP contribution in [-0.4, -0.2) is 23.4 Å². The molecule has 0 aliphatic rings. The first-order chi connectivity index (χ1) is 7.96. The van der Waals surface area contributed by atoms with Crippen molar-refractivity contribution in [1.29, 1.82) is 0 Å². The number of nitrogens with one attached hydrogen (secondary N) is 1. The Bertz CT molecular complexity index is 326. The second-order valence-corrected chi connectivity index (χ2v) is 5.40. The van der Waals surface area contributed by atoms with Gasteiger partial charge < -0.3 is 14.9 Å². The highest BCUT2D eigenvalue weighted by Gasteiger charge is 2.17. The molecule has 1 aromatic rings. The van der Waals surface area contributed by atoms with Crippen molar-refractivity contribution in [2.24, 2.45) is 5.41 Å². The Balaban J connectivity index is 2.37. The summed E-state index contributed by atoms with van der Waals surface area (Å²) in [7, 11) is 0. The normalized spacial score (nSPS) is 12.1. The van der Waals surface area contributed by atoms with Gasteiger partial charge in [0, 0.05) is 25.3 Å². The number of aliphatic hydroxyl groups excluding tert-OH is 1. The second kappa shape index (κ2) is 6.17. The molecule has 0 aromatic carbocycles. The maximum absolute atomic E-state index is 8.84. The number of aryl methyl sites for hydroxylation is 2. The van der Waals surface area contributed by atoms with Gasteiger partial charge in [0.25, 0.3) is 0 Å². The highest BCUT2D eigenvalue weighted by Crippen LogP contribution is 2.21. The van der Waals surface area contributed by atoms with Crippen molar-refractivity contribution in [2.75, 3.05) is 13.2 Å². The van der Waals surface area contributed by atoms with Crippen LogP contribution in [0, 0.1) is 19.3 Å². The first-order valence-corrected chi connectivity index (χ1v) is 6.19. The van der Waals surface area contributed by atoms with Crippen LogP contribution in [0.1, 0.15) is 43.7 Å². The Kier molecular flexibility index (Phi) is 5.15. The quantitative estimate of drug-likeness (QED) is 0.767. The number of nitrogens with zero attached hydrogens (tertiary/aromatic N) is 1. The largest absolute Gasteiger partial charge is 0.396 e. The van der Waals surface area contributed by atoms with Crippen LogP contribution >= 0.6 is 0 Å². The minimum Gasteiger partial charge on any atom is -0.396 e. The molecule has 0 fully saturated rings. The fraction of sp³-hybridized carbons (Fsp3) is 0.769. The lowest BCUT2D eigenvalue weighted by atomic mass is 9.88. The predicted molar refractivity (Wildman–Crippen MR) is 67.8 cm³/mol. The molecule has 0 spiro atoms. The summed E-state index contributed by atoms with van der Waals surface area (Å²) < 4.78 is 5.12. The van der Waals surface area contributed by atoms with Crippen LogP contribution < -0.4 is 5.32 Å². The molecule has 0 unspecified atom stereocenters. The molecule has 2 N–H and O–H groups in total. The Morgan fingerprint density at radius 3 is 2.59 bits per heavy atom. The highest BCUT2D eigenvalue weighted by molar-refractivity contribution is 5.20. The minimum atomic E-state index is 0.210. The molecule has 1 aromatic heterocycles. The summed E-state index contributed by atoms with van der Waals surface area (Å²) in [6.07, 6.45) is 1.89. The lowest BCUT2D eigenvalue weighted by Gasteiger charge is -2.24. The van der Waals surface area contributed by atoms with E-state index in [1.165, 1.54) is 0 Å². The third-order valence-electron chi connectivity index (χ3n) is 3.10. The van der Waals surface area contributed by atoms with E-state index in [1.807, 2.05) is 13.8 Å². The van der Waals surface area contributed by atoms with E-state index in [-0.39, 0.29) is 12.0 Å². The molecule has 0 radical (unpaired) electrons. The van der Waals surface area contributed by atoms with Gasteiger partial charge in [0.1, 0.15) is 5.76 Å². The topological polar surface area (TPSA) is 58.3 Å². The smallest absolute Gasteiger partial charge is 0.138 e. The summed E-state index contributed by atoms with van der Waals surface area (Å²) in [5, 5.41) is 16.2. The van der Waals surface area contributed by atoms with Gasteiger partial charge in [-0.1, -0.05) is 19.0 Å². The summed E-state index contributed by atoms with van der Waals surface area (Å²) in [5.74, 6) is 0.892. The van der Waals surface area contributed by atoms with E-state index in [9.17, 15) is 0 Å². The van der Waals surface area contributed by atoms with Gasteiger partial charge in [-0.2, -0.15) is 0 Å². The monoisotopic (exact) mass is 240 g/mol. The number of hydrogen-bond donors (Lipinski definition) is 2. The highest BCUT2D eigenvalue weighted by atomic mass is 16.5. The first kappa shape index (κ1) is 14.2. The number of aliphatic hydroxyl groups is 1. The van der Waals surface area contributed by atoms with Crippen molar-refractivity contribution >= 4 is 0 Å². The molecule has 0 saturated heterocycles. The number of rotatable bonds is 7. The summed E-state index contributed by atoms with van der Waals surface area (Å²) in [4.78, 5) is 0. The van der Waals surface area contributed by atoms with Crippen LogP contribution in [0.3, 0.4) is 0 Å². The molecule has 17 heavy (non-hydrogen) atoms. The Hall–Kier alpha value is -0.870. The Morgan fingerprint density at radius 1 is 1.35 bits per heavy atom. The van der Waals surface area contributed by atoms with Crippen molar-refractivity contribution in [3.8, 4) is 0 Å². The standard InChI is InChI=1S/C13H24N2O2/c1-10-12(11(2)17-15-10)8-14-9-13(3,4)6-5-7-16/h14,16H,5-9H2,1-4H3. The molecule has 0 aliphatic carbocycles. The molecule has 0 bridgehead atoms. The van der Waals surface area contributed by atoms with Crippen LogP contribution in [0.5, 0.6) is 0 Å². The summed E-state index contributed by atoms with van der Waals surface area (Å²) in [6.45, 7) is 10.3. The van der Waals surface area contributed by atoms with Gasteiger partial charge in [-0.3, -0.25) is 0 Å². The lowest BCUT2D eigenvalue weighted by Crippen LogP contribution is -2.29. The molecule has 4 heteroatoms. The van der Waals surface area contributed by atoms with Crippen LogP contribution in [0.15, 0.2) is 4.52 Å². The maximum Gasteiger partial charge on any atom is 0.138 e. The third-order valence-corrected chi connectivity index (χ3v) is 3.10. The van der Waals surface area contributed by atoms with E-state index in [0.717, 1.165) is 42.9 Å². The average Bonchev–Trinajstić information content (AvgIpc) is 2.58. The SMILES string of the molecule is Cc1noc(C)c1CNCC(C)(C)CCCO. The Morgan fingerprint density at radius 2 is 2.06 bits per heavy atom. The lowest BCUT2D eigenvalue weighted by molar-refractivity contribution is 0.236. The van der Waals surface area contributed by atoms with E-state index >= 15 is 0 Å². The van der Waals surface area contributed by atoms with E-state index in [1.54, 1.807) is 0 Å². The maximum atomic E-state index is 8.84. The number of aromatic nitrogens is 1. The third kappa shape index (κ3) is 4.48. The molecule has 0 atom stereocenters. The van der Waals surface area contributed by atoms with Crippen molar-refractivity contribution in [1.82, 2.24) is 10.5 Å². The fourth-order valence-corrected chi connectivity index (χ4v) is 1.93. The minimum absolute atomic E-state index is 0.210. The number of hydrogen-bond acceptors (Lipinski definition) is 4. The van der Waals surface area contributed by atoms with E-state index in [0.29, 0.717) is 0 Å². The zero-order chi connectivity index (χ0) is 12.9. The summed E-state index contributed by atoms with van der Waals surface area (Å²) in [6, 6.07) is 0. The van der Waals surface area contributed by atoms with Crippen molar-refractivity contribution in [2.45, 2.75) is 47.1 Å². The molecular weight excluding hydrogens is 216 g/mol. The zero-order valence-corrected chi connectivity index (χ0v) is 11.3. The van der Waals surface area contributed by atoms with Gasteiger partial charge >= 0.3 is 0 Å². The van der Waals surface area contributed by atoms with Gasteiger partial charge in [0.05, 0.1) is 5.69 Å².